The average Bonchev–Trinajstić information content (AvgIpc) is 3.70. The number of hydrogen-bond acceptors (Lipinski definition) is 8. The molecule has 3 N–H and O–H groups in total. The molecule has 4 rings (SSSR count). The first-order valence-corrected chi connectivity index (χ1v) is 17.8. The second-order valence-electron chi connectivity index (χ2n) is 14.3. The number of alkyl carbamates (subject to hydrolysis) is 1. The molecule has 49 heavy (non-hydrogen) atoms. The Bertz CT molecular complexity index is 1360. The quantitative estimate of drug-likeness (QED) is 0.127. The van der Waals surface area contributed by atoms with Gasteiger partial charge in [0.1, 0.15) is 23.8 Å². The first-order chi connectivity index (χ1) is 23.4. The zero-order valence-electron chi connectivity index (χ0n) is 29.5. The van der Waals surface area contributed by atoms with Crippen molar-refractivity contribution in [1.29, 1.82) is 0 Å². The van der Waals surface area contributed by atoms with E-state index in [1.807, 2.05) is 25.1 Å². The molecule has 0 aromatic heterocycles. The van der Waals surface area contributed by atoms with E-state index >= 15 is 0 Å². The minimum absolute atomic E-state index is 0.00609. The van der Waals surface area contributed by atoms with Crippen molar-refractivity contribution in [1.82, 2.24) is 15.1 Å². The van der Waals surface area contributed by atoms with Gasteiger partial charge in [0.05, 0.1) is 19.1 Å². The number of ether oxygens (including phenoxy) is 3. The third-order valence-corrected chi connectivity index (χ3v) is 9.43. The number of esters is 1. The summed E-state index contributed by atoms with van der Waals surface area (Å²) < 4.78 is 16.5. The number of primary amides is 1. The fraction of sp³-hybridized carbons (Fsp3) is 0.649. The third-order valence-electron chi connectivity index (χ3n) is 9.43. The van der Waals surface area contributed by atoms with Crippen molar-refractivity contribution in [3.05, 3.63) is 47.5 Å². The lowest BCUT2D eigenvalue weighted by molar-refractivity contribution is -0.148. The number of nitrogens with two attached hydrogens (primary N) is 1. The first kappa shape index (κ1) is 37.7. The topological polar surface area (TPSA) is 158 Å². The Morgan fingerprint density at radius 3 is 2.53 bits per heavy atom. The number of fused-ring (bicyclic) bond motifs is 1. The molecule has 3 aliphatic rings. The van der Waals surface area contributed by atoms with Crippen LogP contribution in [0.15, 0.2) is 36.4 Å². The Hall–Kier alpha value is -4.09. The highest BCUT2D eigenvalue weighted by atomic mass is 16.6. The van der Waals surface area contributed by atoms with Gasteiger partial charge in [-0.1, -0.05) is 55.7 Å². The molecule has 1 aromatic carbocycles. The number of likely N-dealkylation sites (tertiary alicyclic amines) is 1. The van der Waals surface area contributed by atoms with E-state index in [-0.39, 0.29) is 30.8 Å². The van der Waals surface area contributed by atoms with Crippen LogP contribution in [0.1, 0.15) is 96.6 Å². The zero-order valence-corrected chi connectivity index (χ0v) is 29.5. The first-order valence-electron chi connectivity index (χ1n) is 17.8. The van der Waals surface area contributed by atoms with Crippen LogP contribution in [0.3, 0.4) is 0 Å². The van der Waals surface area contributed by atoms with Gasteiger partial charge in [0.2, 0.25) is 11.8 Å². The molecule has 1 aromatic rings. The van der Waals surface area contributed by atoms with E-state index in [9.17, 15) is 24.0 Å². The van der Waals surface area contributed by atoms with Crippen molar-refractivity contribution in [2.45, 2.75) is 122 Å². The monoisotopic (exact) mass is 682 g/mol. The van der Waals surface area contributed by atoms with E-state index in [0.29, 0.717) is 32.5 Å². The normalized spacial score (nSPS) is 22.8. The second-order valence-corrected chi connectivity index (χ2v) is 14.3. The molecule has 12 nitrogen and oxygen atoms in total. The van der Waals surface area contributed by atoms with Gasteiger partial charge in [-0.2, -0.15) is 0 Å². The Labute approximate surface area is 290 Å². The zero-order chi connectivity index (χ0) is 35.6. The Morgan fingerprint density at radius 1 is 1.06 bits per heavy atom. The Balaban J connectivity index is 1.32. The number of amides is 4. The summed E-state index contributed by atoms with van der Waals surface area (Å²) in [5.74, 6) is -1.14. The number of carbonyl (C=O) groups excluding carboxylic acids is 5. The molecule has 0 unspecified atom stereocenters. The van der Waals surface area contributed by atoms with Gasteiger partial charge in [-0.25, -0.2) is 9.59 Å². The van der Waals surface area contributed by atoms with E-state index in [1.54, 1.807) is 25.7 Å². The molecule has 0 bridgehead atoms. The molecule has 1 saturated carbocycles. The van der Waals surface area contributed by atoms with E-state index in [4.69, 9.17) is 19.9 Å². The van der Waals surface area contributed by atoms with E-state index in [0.717, 1.165) is 50.5 Å². The summed E-state index contributed by atoms with van der Waals surface area (Å²) in [6, 6.07) is 6.02. The van der Waals surface area contributed by atoms with E-state index < -0.39 is 47.8 Å². The summed E-state index contributed by atoms with van der Waals surface area (Å²) in [4.78, 5) is 67.5. The molecule has 4 amide bonds. The minimum Gasteiger partial charge on any atom is -0.466 e. The van der Waals surface area contributed by atoms with E-state index in [1.165, 1.54) is 10.5 Å². The number of allylic oxidation sites excluding steroid dienone is 2. The second kappa shape index (κ2) is 17.5. The summed E-state index contributed by atoms with van der Waals surface area (Å²) in [5.41, 5.74) is 7.22. The van der Waals surface area contributed by atoms with Crippen molar-refractivity contribution in [3.63, 3.8) is 0 Å². The van der Waals surface area contributed by atoms with Gasteiger partial charge in [-0.05, 0) is 83.3 Å². The van der Waals surface area contributed by atoms with Gasteiger partial charge in [0.25, 0.3) is 0 Å². The molecule has 2 heterocycles. The van der Waals surface area contributed by atoms with Crippen LogP contribution >= 0.6 is 0 Å². The molecule has 1 saturated heterocycles. The summed E-state index contributed by atoms with van der Waals surface area (Å²) >= 11 is 0. The molecule has 0 radical (unpaired) electrons. The number of rotatable bonds is 13. The fourth-order valence-electron chi connectivity index (χ4n) is 6.99. The van der Waals surface area contributed by atoms with Crippen molar-refractivity contribution >= 4 is 30.0 Å². The molecule has 2 fully saturated rings. The number of nitrogens with one attached hydrogen (secondary N) is 1. The summed E-state index contributed by atoms with van der Waals surface area (Å²) in [7, 11) is 0. The van der Waals surface area contributed by atoms with E-state index in [2.05, 4.69) is 23.5 Å². The lowest BCUT2D eigenvalue weighted by Gasteiger charge is -2.29. The number of carbonyl (C=O) groups is 5. The predicted molar refractivity (Wildman–Crippen MR) is 183 cm³/mol. The van der Waals surface area contributed by atoms with Crippen molar-refractivity contribution in [2.24, 2.45) is 17.6 Å². The smallest absolute Gasteiger partial charge is 0.410 e. The highest BCUT2D eigenvalue weighted by Gasteiger charge is 2.43. The van der Waals surface area contributed by atoms with Gasteiger partial charge in [0.15, 0.2) is 0 Å². The number of unbranched alkanes of at least 4 members (excludes halogenated alkanes) is 3. The lowest BCUT2D eigenvalue weighted by atomic mass is 9.95. The maximum absolute atomic E-state index is 13.9. The number of nitrogens with zero attached hydrogens (tertiary/aromatic N) is 2. The maximum atomic E-state index is 13.9. The van der Waals surface area contributed by atoms with Crippen LogP contribution in [0.5, 0.6) is 0 Å². The molecule has 270 valence electrons. The number of hydrogen-bond donors (Lipinski definition) is 2. The predicted octanol–water partition coefficient (Wildman–Crippen LogP) is 5.02. The van der Waals surface area contributed by atoms with Gasteiger partial charge in [0, 0.05) is 19.5 Å². The van der Waals surface area contributed by atoms with Crippen LogP contribution in [0.25, 0.3) is 0 Å². The Kier molecular flexibility index (Phi) is 13.5. The fourth-order valence-corrected chi connectivity index (χ4v) is 6.99. The molecule has 12 heteroatoms. The van der Waals surface area contributed by atoms with Crippen LogP contribution in [0.4, 0.5) is 9.59 Å². The standard InChI is InChI=1S/C37H54N4O8/c1-5-47-34(44)29-18-13-17-26(29)15-9-7-6-8-10-19-30(39-35(45)49-37(2,3)4)33(43)41-24-28(22-31(41)32(38)42)48-36(46)40-21-20-25-14-11-12-16-27(25)23-40/h9,11-12,14-16,26,28-31H,5-8,10,13,17-24H2,1-4H3,(H2,38,42)(H,39,45)/b15-9-/t26-,28-,29+,30+,31+/m1/s1. The minimum atomic E-state index is -0.977. The van der Waals surface area contributed by atoms with Crippen LogP contribution in [-0.2, 0) is 41.6 Å². The van der Waals surface area contributed by atoms with Crippen LogP contribution < -0.4 is 11.1 Å². The van der Waals surface area contributed by atoms with Crippen molar-refractivity contribution in [2.75, 3.05) is 19.7 Å². The third kappa shape index (κ3) is 11.0. The van der Waals surface area contributed by atoms with Crippen LogP contribution in [-0.4, -0.2) is 83.3 Å². The van der Waals surface area contributed by atoms with Gasteiger partial charge >= 0.3 is 18.2 Å². The SMILES string of the molecule is CCOC(=O)[C@H]1CCC[C@H]1/C=C\CCCCC[C@H](NC(=O)OC(C)(C)C)C(=O)N1C[C@H](OC(=O)N2CCc3ccccc3C2)C[C@H]1C(N)=O. The van der Waals surface area contributed by atoms with Crippen LogP contribution in [0, 0.1) is 11.8 Å². The molecule has 2 aliphatic heterocycles. The molecule has 5 atom stereocenters. The van der Waals surface area contributed by atoms with Crippen molar-refractivity contribution in [3.8, 4) is 0 Å². The molecular formula is C37H54N4O8. The molecular weight excluding hydrogens is 628 g/mol. The lowest BCUT2D eigenvalue weighted by Crippen LogP contribution is -2.53. The largest absolute Gasteiger partial charge is 0.466 e. The Morgan fingerprint density at radius 2 is 1.82 bits per heavy atom. The molecule has 0 spiro atoms. The number of benzene rings is 1. The summed E-state index contributed by atoms with van der Waals surface area (Å²) in [6.07, 6.45) is 9.43. The highest BCUT2D eigenvalue weighted by Crippen LogP contribution is 2.34. The van der Waals surface area contributed by atoms with Gasteiger partial charge in [-0.3, -0.25) is 14.4 Å². The van der Waals surface area contributed by atoms with Crippen LogP contribution in [0.2, 0.25) is 0 Å². The molecule has 1 aliphatic carbocycles. The average molecular weight is 683 g/mol. The summed E-state index contributed by atoms with van der Waals surface area (Å²) in [6.45, 7) is 8.36. The van der Waals surface area contributed by atoms with Gasteiger partial charge < -0.3 is 35.1 Å². The highest BCUT2D eigenvalue weighted by molar-refractivity contribution is 5.91. The summed E-state index contributed by atoms with van der Waals surface area (Å²) in [5, 5.41) is 2.71. The van der Waals surface area contributed by atoms with Gasteiger partial charge in [-0.15, -0.1) is 0 Å². The van der Waals surface area contributed by atoms with Crippen molar-refractivity contribution < 1.29 is 38.2 Å². The maximum Gasteiger partial charge on any atom is 0.410 e.